The Hall–Kier alpha value is -1.77. The molecule has 0 fully saturated rings. The predicted octanol–water partition coefficient (Wildman–Crippen LogP) is 7.32. The maximum absolute atomic E-state index is 11.6. The first kappa shape index (κ1) is 22.5. The minimum Gasteiger partial charge on any atom is -0.423 e. The molecule has 0 aliphatic heterocycles. The molecule has 0 aliphatic rings. The van der Waals surface area contributed by atoms with E-state index < -0.39 is 0 Å². The first-order chi connectivity index (χ1) is 13.7. The third kappa shape index (κ3) is 8.08. The van der Waals surface area contributed by atoms with E-state index in [1.165, 1.54) is 88.8 Å². The number of rotatable bonds is 15. The lowest BCUT2D eigenvalue weighted by molar-refractivity contribution is 0.559. The lowest BCUT2D eigenvalue weighted by atomic mass is 10.1. The van der Waals surface area contributed by atoms with Crippen LogP contribution in [0.25, 0.3) is 11.0 Å². The normalized spacial score (nSPS) is 11.2. The van der Waals surface area contributed by atoms with Crippen molar-refractivity contribution in [3.8, 4) is 0 Å². The Bertz CT molecular complexity index is 706. The molecule has 0 aliphatic carbocycles. The van der Waals surface area contributed by atoms with Crippen LogP contribution in [0.3, 0.4) is 0 Å². The van der Waals surface area contributed by atoms with Gasteiger partial charge in [0.1, 0.15) is 5.58 Å². The molecule has 0 amide bonds. The summed E-state index contributed by atoms with van der Waals surface area (Å²) in [5.74, 6) is 0. The Kier molecular flexibility index (Phi) is 10.8. The molecule has 0 atom stereocenters. The highest BCUT2D eigenvalue weighted by Gasteiger charge is 2.08. The first-order valence-corrected chi connectivity index (χ1v) is 11.5. The zero-order valence-electron chi connectivity index (χ0n) is 18.0. The Balaban J connectivity index is 1.94. The third-order valence-electron chi connectivity index (χ3n) is 5.53. The van der Waals surface area contributed by atoms with Crippen molar-refractivity contribution in [2.45, 2.75) is 90.9 Å². The van der Waals surface area contributed by atoms with Crippen LogP contribution >= 0.6 is 0 Å². The van der Waals surface area contributed by atoms with Gasteiger partial charge in [0.25, 0.3) is 0 Å². The molecule has 2 aromatic rings. The SMILES string of the molecule is CCCCCCCCN(CCCCCCCC)c1ccc2ccc(=O)oc2c1. The molecule has 0 radical (unpaired) electrons. The van der Waals surface area contributed by atoms with Crippen LogP contribution in [0.15, 0.2) is 39.5 Å². The van der Waals surface area contributed by atoms with E-state index in [0.717, 1.165) is 18.5 Å². The summed E-state index contributed by atoms with van der Waals surface area (Å²) in [6.45, 7) is 6.70. The van der Waals surface area contributed by atoms with E-state index in [9.17, 15) is 4.79 Å². The Morgan fingerprint density at radius 2 is 1.25 bits per heavy atom. The van der Waals surface area contributed by atoms with Crippen LogP contribution in [-0.4, -0.2) is 13.1 Å². The highest BCUT2D eigenvalue weighted by atomic mass is 16.4. The quantitative estimate of drug-likeness (QED) is 0.238. The molecule has 28 heavy (non-hydrogen) atoms. The summed E-state index contributed by atoms with van der Waals surface area (Å²) in [4.78, 5) is 14.1. The molecule has 2 rings (SSSR count). The largest absolute Gasteiger partial charge is 0.423 e. The standard InChI is InChI=1S/C25H39NO2/c1-3-5-7-9-11-13-19-26(20-14-12-10-8-6-4-2)23-17-15-22-16-18-25(27)28-24(22)21-23/h15-18,21H,3-14,19-20H2,1-2H3. The van der Waals surface area contributed by atoms with Crippen molar-refractivity contribution in [2.24, 2.45) is 0 Å². The molecule has 3 nitrogen and oxygen atoms in total. The number of hydrogen-bond acceptors (Lipinski definition) is 3. The van der Waals surface area contributed by atoms with Gasteiger partial charge in [-0.25, -0.2) is 4.79 Å². The summed E-state index contributed by atoms with van der Waals surface area (Å²) in [6, 6.07) is 9.63. The second kappa shape index (κ2) is 13.4. The Morgan fingerprint density at radius 3 is 1.86 bits per heavy atom. The summed E-state index contributed by atoms with van der Waals surface area (Å²) >= 11 is 0. The molecule has 0 unspecified atom stereocenters. The van der Waals surface area contributed by atoms with Gasteiger partial charge in [-0.1, -0.05) is 78.1 Å². The molecule has 0 saturated heterocycles. The third-order valence-corrected chi connectivity index (χ3v) is 5.53. The van der Waals surface area contributed by atoms with Gasteiger partial charge in [-0.3, -0.25) is 0 Å². The summed E-state index contributed by atoms with van der Waals surface area (Å²) < 4.78 is 5.41. The molecule has 0 spiro atoms. The summed E-state index contributed by atoms with van der Waals surface area (Å²) in [5, 5.41) is 0.988. The van der Waals surface area contributed by atoms with Gasteiger partial charge in [-0.05, 0) is 31.0 Å². The molecule has 1 aromatic heterocycles. The molecule has 0 N–H and O–H groups in total. The number of benzene rings is 1. The molecule has 156 valence electrons. The highest BCUT2D eigenvalue weighted by molar-refractivity contribution is 5.80. The van der Waals surface area contributed by atoms with Gasteiger partial charge >= 0.3 is 5.63 Å². The summed E-state index contributed by atoms with van der Waals surface area (Å²) in [6.07, 6.45) is 15.8. The smallest absolute Gasteiger partial charge is 0.336 e. The summed E-state index contributed by atoms with van der Waals surface area (Å²) in [7, 11) is 0. The van der Waals surface area contributed by atoms with Gasteiger partial charge in [0.15, 0.2) is 0 Å². The predicted molar refractivity (Wildman–Crippen MR) is 121 cm³/mol. The van der Waals surface area contributed by atoms with E-state index in [1.54, 1.807) is 0 Å². The summed E-state index contributed by atoms with van der Waals surface area (Å²) in [5.41, 5.74) is 1.60. The second-order valence-electron chi connectivity index (χ2n) is 8.00. The minimum absolute atomic E-state index is 0.275. The Labute approximate surface area is 171 Å². The zero-order valence-corrected chi connectivity index (χ0v) is 18.0. The lowest BCUT2D eigenvalue weighted by Gasteiger charge is -2.25. The van der Waals surface area contributed by atoms with Crippen LogP contribution in [0.4, 0.5) is 5.69 Å². The molecule has 1 aromatic carbocycles. The van der Waals surface area contributed by atoms with Crippen LogP contribution in [-0.2, 0) is 0 Å². The fourth-order valence-corrected chi connectivity index (χ4v) is 3.78. The number of anilines is 1. The van der Waals surface area contributed by atoms with Crippen LogP contribution < -0.4 is 10.5 Å². The number of fused-ring (bicyclic) bond motifs is 1. The van der Waals surface area contributed by atoms with Gasteiger partial charge in [0.05, 0.1) is 0 Å². The van der Waals surface area contributed by atoms with Crippen molar-refractivity contribution in [2.75, 3.05) is 18.0 Å². The number of nitrogens with zero attached hydrogens (tertiary/aromatic N) is 1. The van der Waals surface area contributed by atoms with E-state index in [2.05, 4.69) is 30.9 Å². The van der Waals surface area contributed by atoms with Crippen LogP contribution in [0.5, 0.6) is 0 Å². The highest BCUT2D eigenvalue weighted by Crippen LogP contribution is 2.23. The molecule has 3 heteroatoms. The fraction of sp³-hybridized carbons (Fsp3) is 0.640. The molecular weight excluding hydrogens is 346 g/mol. The van der Waals surface area contributed by atoms with Gasteiger partial charge < -0.3 is 9.32 Å². The molecule has 1 heterocycles. The maximum atomic E-state index is 11.6. The van der Waals surface area contributed by atoms with Crippen molar-refractivity contribution in [3.05, 3.63) is 40.8 Å². The second-order valence-corrected chi connectivity index (χ2v) is 8.00. The van der Waals surface area contributed by atoms with Gasteiger partial charge in [-0.2, -0.15) is 0 Å². The van der Waals surface area contributed by atoms with Crippen LogP contribution in [0.2, 0.25) is 0 Å². The fourth-order valence-electron chi connectivity index (χ4n) is 3.78. The van der Waals surface area contributed by atoms with Crippen molar-refractivity contribution >= 4 is 16.7 Å². The first-order valence-electron chi connectivity index (χ1n) is 11.5. The van der Waals surface area contributed by atoms with Crippen molar-refractivity contribution in [1.82, 2.24) is 0 Å². The van der Waals surface area contributed by atoms with Crippen molar-refractivity contribution in [3.63, 3.8) is 0 Å². The monoisotopic (exact) mass is 385 g/mol. The van der Waals surface area contributed by atoms with E-state index in [1.807, 2.05) is 12.1 Å². The van der Waals surface area contributed by atoms with Gasteiger partial charge in [0, 0.05) is 36.3 Å². The average molecular weight is 386 g/mol. The minimum atomic E-state index is -0.275. The Morgan fingerprint density at radius 1 is 0.714 bits per heavy atom. The number of hydrogen-bond donors (Lipinski definition) is 0. The topological polar surface area (TPSA) is 33.5 Å². The number of unbranched alkanes of at least 4 members (excludes halogenated alkanes) is 10. The lowest BCUT2D eigenvalue weighted by Crippen LogP contribution is -2.25. The van der Waals surface area contributed by atoms with E-state index >= 15 is 0 Å². The molecule has 0 saturated carbocycles. The van der Waals surface area contributed by atoms with Crippen LogP contribution in [0.1, 0.15) is 90.9 Å². The van der Waals surface area contributed by atoms with Gasteiger partial charge in [0.2, 0.25) is 0 Å². The maximum Gasteiger partial charge on any atom is 0.336 e. The van der Waals surface area contributed by atoms with Crippen LogP contribution in [0, 0.1) is 0 Å². The molecule has 0 bridgehead atoms. The van der Waals surface area contributed by atoms with Crippen molar-refractivity contribution < 1.29 is 4.42 Å². The van der Waals surface area contributed by atoms with E-state index in [0.29, 0.717) is 5.58 Å². The average Bonchev–Trinajstić information content (AvgIpc) is 2.71. The van der Waals surface area contributed by atoms with E-state index in [4.69, 9.17) is 4.42 Å². The van der Waals surface area contributed by atoms with E-state index in [-0.39, 0.29) is 5.63 Å². The van der Waals surface area contributed by atoms with Gasteiger partial charge in [-0.15, -0.1) is 0 Å². The van der Waals surface area contributed by atoms with Crippen molar-refractivity contribution in [1.29, 1.82) is 0 Å². The zero-order chi connectivity index (χ0) is 20.0. The molecular formula is C25H39NO2.